The van der Waals surface area contributed by atoms with Gasteiger partial charge in [0.05, 0.1) is 0 Å². The van der Waals surface area contributed by atoms with Crippen molar-refractivity contribution in [3.8, 4) is 0 Å². The Morgan fingerprint density at radius 1 is 1.25 bits per heavy atom. The average molecular weight is 390 g/mol. The molecule has 6 nitrogen and oxygen atoms in total. The van der Waals surface area contributed by atoms with Crippen molar-refractivity contribution in [2.75, 3.05) is 6.54 Å². The maximum atomic E-state index is 11.8. The fraction of sp³-hybridized carbons (Fsp3) is 0.667. The predicted molar refractivity (Wildman–Crippen MR) is 112 cm³/mol. The summed E-state index contributed by atoms with van der Waals surface area (Å²) < 4.78 is 0. The number of rotatable bonds is 11. The number of aliphatic carboxylic acids is 1. The quantitative estimate of drug-likeness (QED) is 0.341. The van der Waals surface area contributed by atoms with Crippen LogP contribution in [0.4, 0.5) is 0 Å². The van der Waals surface area contributed by atoms with Gasteiger partial charge in [-0.15, -0.1) is 0 Å². The molecule has 7 heteroatoms. The van der Waals surface area contributed by atoms with Gasteiger partial charge in [-0.3, -0.25) is 9.69 Å². The molecule has 0 aliphatic carbocycles. The number of nitrogens with two attached hydrogens (primary N) is 1. The van der Waals surface area contributed by atoms with Crippen molar-refractivity contribution < 1.29 is 19.9 Å². The van der Waals surface area contributed by atoms with Gasteiger partial charge in [0.25, 0.3) is 0 Å². The minimum Gasteiger partial charge on any atom is -0.480 e. The standard InChI is InChI=1S/C21H35BN2O4/c1-16(2)14-24-15-18-8-4-3-7-17(18)13-19(24)9-11-21(23,20(25)26)10-5-6-12-22(27)28/h3-4,7-8,16,19,27-28H,5-6,9-15,23H2,1-2H3,(H,25,26). The van der Waals surface area contributed by atoms with Crippen molar-refractivity contribution in [1.82, 2.24) is 4.90 Å². The smallest absolute Gasteiger partial charge is 0.451 e. The van der Waals surface area contributed by atoms with Gasteiger partial charge in [-0.1, -0.05) is 51.0 Å². The van der Waals surface area contributed by atoms with Gasteiger partial charge in [-0.05, 0) is 49.0 Å². The van der Waals surface area contributed by atoms with Crippen LogP contribution in [-0.2, 0) is 17.8 Å². The Hall–Kier alpha value is -1.41. The van der Waals surface area contributed by atoms with Gasteiger partial charge < -0.3 is 20.9 Å². The first kappa shape index (κ1) is 22.9. The normalized spacial score (nSPS) is 19.3. The van der Waals surface area contributed by atoms with Crippen LogP contribution >= 0.6 is 0 Å². The summed E-state index contributed by atoms with van der Waals surface area (Å²) in [5.41, 5.74) is 7.72. The van der Waals surface area contributed by atoms with Gasteiger partial charge in [0.2, 0.25) is 0 Å². The number of carboxylic acids is 1. The lowest BCUT2D eigenvalue weighted by atomic mass is 9.80. The summed E-state index contributed by atoms with van der Waals surface area (Å²) in [7, 11) is -1.34. The molecular formula is C21H35BN2O4. The van der Waals surface area contributed by atoms with Crippen LogP contribution in [-0.4, -0.2) is 51.3 Å². The molecule has 0 radical (unpaired) electrons. The summed E-state index contributed by atoms with van der Waals surface area (Å²) in [6.07, 6.45) is 3.82. The number of hydrogen-bond donors (Lipinski definition) is 4. The highest BCUT2D eigenvalue weighted by Gasteiger charge is 2.35. The molecule has 0 saturated carbocycles. The molecule has 2 unspecified atom stereocenters. The van der Waals surface area contributed by atoms with Crippen molar-refractivity contribution in [1.29, 1.82) is 0 Å². The second-order valence-electron chi connectivity index (χ2n) is 8.68. The van der Waals surface area contributed by atoms with Crippen molar-refractivity contribution in [2.45, 2.75) is 76.8 Å². The first-order valence-corrected chi connectivity index (χ1v) is 10.4. The van der Waals surface area contributed by atoms with Crippen LogP contribution in [0.25, 0.3) is 0 Å². The summed E-state index contributed by atoms with van der Waals surface area (Å²) in [6, 6.07) is 8.78. The van der Waals surface area contributed by atoms with E-state index < -0.39 is 18.6 Å². The molecule has 156 valence electrons. The lowest BCUT2D eigenvalue weighted by Crippen LogP contribution is -2.50. The Labute approximate surface area is 168 Å². The molecule has 1 aliphatic rings. The number of carbonyl (C=O) groups is 1. The van der Waals surface area contributed by atoms with Crippen molar-refractivity contribution in [2.24, 2.45) is 11.7 Å². The molecule has 28 heavy (non-hydrogen) atoms. The van der Waals surface area contributed by atoms with E-state index in [1.165, 1.54) is 11.1 Å². The highest BCUT2D eigenvalue weighted by molar-refractivity contribution is 6.40. The molecule has 0 aromatic heterocycles. The number of benzene rings is 1. The van der Waals surface area contributed by atoms with Crippen molar-refractivity contribution in [3.05, 3.63) is 35.4 Å². The highest BCUT2D eigenvalue weighted by atomic mass is 16.4. The molecule has 2 atom stereocenters. The number of fused-ring (bicyclic) bond motifs is 1. The first-order chi connectivity index (χ1) is 13.2. The second kappa shape index (κ2) is 10.4. The molecule has 1 aromatic rings. The van der Waals surface area contributed by atoms with Crippen LogP contribution in [0.15, 0.2) is 24.3 Å². The van der Waals surface area contributed by atoms with Crippen LogP contribution in [0.1, 0.15) is 57.1 Å². The van der Waals surface area contributed by atoms with Gasteiger partial charge in [0, 0.05) is 19.1 Å². The SMILES string of the molecule is CC(C)CN1Cc2ccccc2CC1CCC(N)(CCCCB(O)O)C(=O)O. The molecule has 1 aliphatic heterocycles. The number of carboxylic acid groups (broad SMARTS) is 1. The number of nitrogens with zero attached hydrogens (tertiary/aromatic N) is 1. The largest absolute Gasteiger partial charge is 0.480 e. The zero-order valence-electron chi connectivity index (χ0n) is 17.2. The number of unbranched alkanes of at least 4 members (excludes halogenated alkanes) is 1. The molecule has 5 N–H and O–H groups in total. The second-order valence-corrected chi connectivity index (χ2v) is 8.68. The van der Waals surface area contributed by atoms with E-state index in [9.17, 15) is 9.90 Å². The number of hydrogen-bond acceptors (Lipinski definition) is 5. The first-order valence-electron chi connectivity index (χ1n) is 10.4. The molecule has 1 heterocycles. The lowest BCUT2D eigenvalue weighted by molar-refractivity contribution is -0.144. The molecule has 1 aromatic carbocycles. The highest BCUT2D eigenvalue weighted by Crippen LogP contribution is 2.29. The van der Waals surface area contributed by atoms with E-state index in [0.717, 1.165) is 25.9 Å². The van der Waals surface area contributed by atoms with Gasteiger partial charge in [-0.25, -0.2) is 0 Å². The third kappa shape index (κ3) is 6.59. The van der Waals surface area contributed by atoms with E-state index in [2.05, 4.69) is 43.0 Å². The summed E-state index contributed by atoms with van der Waals surface area (Å²) in [5, 5.41) is 27.6. The molecule has 0 spiro atoms. The molecule has 0 amide bonds. The van der Waals surface area contributed by atoms with Gasteiger partial charge >= 0.3 is 13.1 Å². The minimum atomic E-state index is -1.34. The maximum absolute atomic E-state index is 11.8. The minimum absolute atomic E-state index is 0.247. The van der Waals surface area contributed by atoms with Gasteiger partial charge in [-0.2, -0.15) is 0 Å². The van der Waals surface area contributed by atoms with Crippen LogP contribution in [0.5, 0.6) is 0 Å². The van der Waals surface area contributed by atoms with Crippen molar-refractivity contribution >= 4 is 13.1 Å². The Morgan fingerprint density at radius 3 is 2.54 bits per heavy atom. The Balaban J connectivity index is 2.02. The fourth-order valence-electron chi connectivity index (χ4n) is 4.14. The Kier molecular flexibility index (Phi) is 8.49. The summed E-state index contributed by atoms with van der Waals surface area (Å²) in [5.74, 6) is -0.427. The molecule has 0 fully saturated rings. The van der Waals surface area contributed by atoms with Crippen LogP contribution in [0, 0.1) is 5.92 Å². The van der Waals surface area contributed by atoms with Gasteiger partial charge in [0.15, 0.2) is 0 Å². The molecule has 0 saturated heterocycles. The van der Waals surface area contributed by atoms with Crippen molar-refractivity contribution in [3.63, 3.8) is 0 Å². The summed E-state index contributed by atoms with van der Waals surface area (Å²) >= 11 is 0. The van der Waals surface area contributed by atoms with Gasteiger partial charge in [0.1, 0.15) is 5.54 Å². The third-order valence-electron chi connectivity index (χ3n) is 5.75. The molecular weight excluding hydrogens is 355 g/mol. The maximum Gasteiger partial charge on any atom is 0.451 e. The fourth-order valence-corrected chi connectivity index (χ4v) is 4.14. The summed E-state index contributed by atoms with van der Waals surface area (Å²) in [6.45, 7) is 6.30. The van der Waals surface area contributed by atoms with E-state index in [1.54, 1.807) is 0 Å². The van der Waals surface area contributed by atoms with E-state index in [1.807, 2.05) is 0 Å². The monoisotopic (exact) mass is 390 g/mol. The van der Waals surface area contributed by atoms with Crippen LogP contribution < -0.4 is 5.73 Å². The predicted octanol–water partition coefficient (Wildman–Crippen LogP) is 2.27. The topological polar surface area (TPSA) is 107 Å². The van der Waals surface area contributed by atoms with Crippen LogP contribution in [0.2, 0.25) is 6.32 Å². The average Bonchev–Trinajstić information content (AvgIpc) is 2.62. The zero-order valence-corrected chi connectivity index (χ0v) is 17.2. The Morgan fingerprint density at radius 2 is 1.93 bits per heavy atom. The van der Waals surface area contributed by atoms with E-state index in [-0.39, 0.29) is 6.32 Å². The van der Waals surface area contributed by atoms with E-state index in [0.29, 0.717) is 37.6 Å². The van der Waals surface area contributed by atoms with Crippen LogP contribution in [0.3, 0.4) is 0 Å². The van der Waals surface area contributed by atoms with E-state index in [4.69, 9.17) is 15.8 Å². The third-order valence-corrected chi connectivity index (χ3v) is 5.75. The summed E-state index contributed by atoms with van der Waals surface area (Å²) in [4.78, 5) is 14.3. The molecule has 2 rings (SSSR count). The zero-order chi connectivity index (χ0) is 20.7. The molecule has 0 bridgehead atoms. The Bertz CT molecular complexity index is 641. The van der Waals surface area contributed by atoms with E-state index >= 15 is 0 Å². The lowest BCUT2D eigenvalue weighted by Gasteiger charge is -2.39.